The van der Waals surface area contributed by atoms with Crippen LogP contribution in [0.5, 0.6) is 0 Å². The van der Waals surface area contributed by atoms with Crippen molar-refractivity contribution in [3.05, 3.63) is 64.7 Å². The summed E-state index contributed by atoms with van der Waals surface area (Å²) >= 11 is 0. The van der Waals surface area contributed by atoms with Crippen LogP contribution in [0.15, 0.2) is 42.5 Å². The number of amides is 1. The van der Waals surface area contributed by atoms with Gasteiger partial charge in [0.2, 0.25) is 0 Å². The Morgan fingerprint density at radius 1 is 1.10 bits per heavy atom. The fourth-order valence-corrected chi connectivity index (χ4v) is 4.20. The molecule has 4 rings (SSSR count). The molecule has 5 nitrogen and oxygen atoms in total. The van der Waals surface area contributed by atoms with E-state index in [1.165, 1.54) is 27.9 Å². The van der Waals surface area contributed by atoms with Gasteiger partial charge in [-0.3, -0.25) is 0 Å². The normalized spacial score (nSPS) is 18.6. The van der Waals surface area contributed by atoms with Gasteiger partial charge in [0.15, 0.2) is 0 Å². The van der Waals surface area contributed by atoms with Crippen LogP contribution in [-0.2, 0) is 29.0 Å². The second-order valence-electron chi connectivity index (χ2n) is 8.71. The molecule has 5 heteroatoms. The lowest BCUT2D eigenvalue weighted by Crippen LogP contribution is -2.37. The molecule has 2 aliphatic rings. The molecule has 2 aliphatic heterocycles. The lowest BCUT2D eigenvalue weighted by atomic mass is 9.97. The summed E-state index contributed by atoms with van der Waals surface area (Å²) in [6.07, 6.45) is 1.88. The number of anilines is 1. The van der Waals surface area contributed by atoms with Gasteiger partial charge in [0.25, 0.3) is 0 Å². The van der Waals surface area contributed by atoms with Crippen molar-refractivity contribution in [3.8, 4) is 0 Å². The minimum atomic E-state index is -0.220. The van der Waals surface area contributed by atoms with Crippen molar-refractivity contribution < 1.29 is 14.3 Å². The molecule has 0 aliphatic carbocycles. The summed E-state index contributed by atoms with van der Waals surface area (Å²) in [7, 11) is 0. The second kappa shape index (κ2) is 9.09. The molecule has 1 atom stereocenters. The number of rotatable bonds is 5. The van der Waals surface area contributed by atoms with Crippen LogP contribution in [0.4, 0.5) is 10.5 Å². The molecular formula is C25H32N2O3. The van der Waals surface area contributed by atoms with E-state index in [1.807, 2.05) is 13.8 Å². The average Bonchev–Trinajstić information content (AvgIpc) is 3.21. The first kappa shape index (κ1) is 20.7. The molecule has 1 amide bonds. The lowest BCUT2D eigenvalue weighted by Gasteiger charge is -2.29. The number of benzene rings is 2. The maximum atomic E-state index is 12.2. The summed E-state index contributed by atoms with van der Waals surface area (Å²) in [4.78, 5) is 16.4. The minimum Gasteiger partial charge on any atom is -0.447 e. The van der Waals surface area contributed by atoms with Gasteiger partial charge in [-0.05, 0) is 62.4 Å². The maximum Gasteiger partial charge on any atom is 0.410 e. The van der Waals surface area contributed by atoms with Crippen molar-refractivity contribution in [1.29, 1.82) is 0 Å². The molecule has 2 aromatic carbocycles. The highest BCUT2D eigenvalue weighted by Gasteiger charge is 2.25. The Kier molecular flexibility index (Phi) is 6.28. The predicted molar refractivity (Wildman–Crippen MR) is 119 cm³/mol. The molecule has 0 unspecified atom stereocenters. The highest BCUT2D eigenvalue weighted by molar-refractivity contribution is 5.68. The van der Waals surface area contributed by atoms with Crippen LogP contribution < -0.4 is 4.90 Å². The number of aryl methyl sites for hydroxylation is 1. The van der Waals surface area contributed by atoms with Gasteiger partial charge in [-0.25, -0.2) is 4.79 Å². The smallest absolute Gasteiger partial charge is 0.410 e. The van der Waals surface area contributed by atoms with Gasteiger partial charge >= 0.3 is 6.09 Å². The van der Waals surface area contributed by atoms with E-state index in [9.17, 15) is 4.79 Å². The molecule has 0 saturated carbocycles. The number of carbonyl (C=O) groups excluding carboxylic acids is 1. The van der Waals surface area contributed by atoms with Crippen LogP contribution in [0.1, 0.15) is 42.5 Å². The number of hydrogen-bond acceptors (Lipinski definition) is 4. The molecule has 1 fully saturated rings. The Morgan fingerprint density at radius 3 is 2.67 bits per heavy atom. The topological polar surface area (TPSA) is 42.0 Å². The zero-order valence-electron chi connectivity index (χ0n) is 18.3. The van der Waals surface area contributed by atoms with Gasteiger partial charge < -0.3 is 19.3 Å². The van der Waals surface area contributed by atoms with Crippen molar-refractivity contribution in [2.24, 2.45) is 0 Å². The molecule has 0 N–H and O–H groups in total. The first-order valence-corrected chi connectivity index (χ1v) is 11.0. The number of nitrogens with zero attached hydrogens (tertiary/aromatic N) is 2. The summed E-state index contributed by atoms with van der Waals surface area (Å²) in [5, 5.41) is 0. The molecule has 0 aromatic heterocycles. The second-order valence-corrected chi connectivity index (χ2v) is 8.71. The number of fused-ring (bicyclic) bond motifs is 1. The van der Waals surface area contributed by atoms with E-state index in [0.29, 0.717) is 19.7 Å². The van der Waals surface area contributed by atoms with Gasteiger partial charge in [0.1, 0.15) is 0 Å². The summed E-state index contributed by atoms with van der Waals surface area (Å²) in [5.74, 6) is 0. The summed E-state index contributed by atoms with van der Waals surface area (Å²) in [6, 6.07) is 15.2. The highest BCUT2D eigenvalue weighted by Crippen LogP contribution is 2.25. The maximum absolute atomic E-state index is 12.2. The van der Waals surface area contributed by atoms with Crippen LogP contribution in [0.2, 0.25) is 0 Å². The van der Waals surface area contributed by atoms with Gasteiger partial charge in [-0.15, -0.1) is 0 Å². The molecule has 1 saturated heterocycles. The van der Waals surface area contributed by atoms with E-state index in [0.717, 1.165) is 25.9 Å². The SMILES string of the molecule is Cc1ccc(N2CC[C@H](OCc3ccc4c(c3)CCN(C(=O)OC(C)C)C4)C2)cc1. The van der Waals surface area contributed by atoms with E-state index < -0.39 is 0 Å². The molecule has 0 spiro atoms. The fourth-order valence-electron chi connectivity index (χ4n) is 4.20. The lowest BCUT2D eigenvalue weighted by molar-refractivity contribution is 0.0551. The number of ether oxygens (including phenoxy) is 2. The Labute approximate surface area is 179 Å². The zero-order valence-corrected chi connectivity index (χ0v) is 18.3. The molecular weight excluding hydrogens is 376 g/mol. The third kappa shape index (κ3) is 4.96. The Morgan fingerprint density at radius 2 is 1.90 bits per heavy atom. The Bertz CT molecular complexity index is 878. The van der Waals surface area contributed by atoms with Crippen LogP contribution >= 0.6 is 0 Å². The highest BCUT2D eigenvalue weighted by atomic mass is 16.6. The Hall–Kier alpha value is -2.53. The van der Waals surface area contributed by atoms with Gasteiger partial charge in [-0.1, -0.05) is 35.9 Å². The third-order valence-corrected chi connectivity index (χ3v) is 5.91. The first-order valence-electron chi connectivity index (χ1n) is 11.0. The summed E-state index contributed by atoms with van der Waals surface area (Å²) in [5.41, 5.74) is 6.30. The van der Waals surface area contributed by atoms with E-state index in [2.05, 4.69) is 54.3 Å². The number of hydrogen-bond donors (Lipinski definition) is 0. The van der Waals surface area contributed by atoms with Crippen molar-refractivity contribution in [3.63, 3.8) is 0 Å². The summed E-state index contributed by atoms with van der Waals surface area (Å²) in [6.45, 7) is 9.83. The van der Waals surface area contributed by atoms with Crippen molar-refractivity contribution in [2.45, 2.75) is 59.0 Å². The number of carbonyl (C=O) groups is 1. The van der Waals surface area contributed by atoms with Crippen molar-refractivity contribution in [1.82, 2.24) is 4.90 Å². The largest absolute Gasteiger partial charge is 0.447 e. The van der Waals surface area contributed by atoms with Crippen LogP contribution in [0.3, 0.4) is 0 Å². The van der Waals surface area contributed by atoms with E-state index in [1.54, 1.807) is 4.90 Å². The van der Waals surface area contributed by atoms with Crippen LogP contribution in [0.25, 0.3) is 0 Å². The monoisotopic (exact) mass is 408 g/mol. The van der Waals surface area contributed by atoms with Crippen LogP contribution in [-0.4, -0.2) is 42.8 Å². The Balaban J connectivity index is 1.29. The van der Waals surface area contributed by atoms with Crippen molar-refractivity contribution >= 4 is 11.8 Å². The molecule has 2 aromatic rings. The molecule has 30 heavy (non-hydrogen) atoms. The quantitative estimate of drug-likeness (QED) is 0.720. The molecule has 0 bridgehead atoms. The average molecular weight is 409 g/mol. The predicted octanol–water partition coefficient (Wildman–Crippen LogP) is 4.69. The van der Waals surface area contributed by atoms with E-state index in [4.69, 9.17) is 9.47 Å². The van der Waals surface area contributed by atoms with Gasteiger partial charge in [-0.2, -0.15) is 0 Å². The molecule has 160 valence electrons. The first-order chi connectivity index (χ1) is 14.5. The van der Waals surface area contributed by atoms with Crippen LogP contribution in [0, 0.1) is 6.92 Å². The fraction of sp³-hybridized carbons (Fsp3) is 0.480. The minimum absolute atomic E-state index is 0.0871. The van der Waals surface area contributed by atoms with E-state index in [-0.39, 0.29) is 18.3 Å². The summed E-state index contributed by atoms with van der Waals surface area (Å²) < 4.78 is 11.6. The van der Waals surface area contributed by atoms with Crippen molar-refractivity contribution in [2.75, 3.05) is 24.5 Å². The third-order valence-electron chi connectivity index (χ3n) is 5.91. The van der Waals surface area contributed by atoms with E-state index >= 15 is 0 Å². The van der Waals surface area contributed by atoms with Gasteiger partial charge in [0, 0.05) is 31.9 Å². The molecule has 0 radical (unpaired) electrons. The standard InChI is InChI=1S/C25H32N2O3/c1-18(2)30-25(28)27-12-10-21-14-20(6-7-22(21)15-27)17-29-24-11-13-26(16-24)23-8-4-19(3)5-9-23/h4-9,14,18,24H,10-13,15-17H2,1-3H3/t24-/m0/s1. The zero-order chi connectivity index (χ0) is 21.1. The van der Waals surface area contributed by atoms with Gasteiger partial charge in [0.05, 0.1) is 18.8 Å². The molecule has 2 heterocycles.